The SMILES string of the molecule is CNC(=O)[C@@H]1CCC[C@@H]1NC(=O)c1cccc(NC(=O)OC)c1. The minimum absolute atomic E-state index is 0.0473. The second-order valence-electron chi connectivity index (χ2n) is 5.43. The Labute approximate surface area is 134 Å². The number of ether oxygens (including phenoxy) is 1. The van der Waals surface area contributed by atoms with Gasteiger partial charge in [0.1, 0.15) is 0 Å². The molecule has 0 spiro atoms. The average Bonchev–Trinajstić information content (AvgIpc) is 3.02. The standard InChI is InChI=1S/C16H21N3O4/c1-17-15(21)12-7-4-8-13(12)19-14(20)10-5-3-6-11(9-10)18-16(22)23-2/h3,5-6,9,12-13H,4,7-8H2,1-2H3,(H,17,21)(H,18,22)(H,19,20)/t12-,13+/m1/s1. The third-order valence-corrected chi connectivity index (χ3v) is 3.97. The highest BCUT2D eigenvalue weighted by atomic mass is 16.5. The van der Waals surface area contributed by atoms with E-state index >= 15 is 0 Å². The molecule has 1 saturated carbocycles. The molecule has 0 radical (unpaired) electrons. The van der Waals surface area contributed by atoms with E-state index in [1.54, 1.807) is 31.3 Å². The van der Waals surface area contributed by atoms with Crippen LogP contribution in [0.4, 0.5) is 10.5 Å². The molecule has 7 nitrogen and oxygen atoms in total. The Morgan fingerprint density at radius 1 is 1.22 bits per heavy atom. The first-order valence-corrected chi connectivity index (χ1v) is 7.52. The smallest absolute Gasteiger partial charge is 0.411 e. The van der Waals surface area contributed by atoms with Crippen molar-refractivity contribution < 1.29 is 19.1 Å². The molecule has 3 amide bonds. The molecule has 3 N–H and O–H groups in total. The molecule has 23 heavy (non-hydrogen) atoms. The van der Waals surface area contributed by atoms with Crippen LogP contribution in [-0.2, 0) is 9.53 Å². The Kier molecular flexibility index (Phi) is 5.56. The van der Waals surface area contributed by atoms with Gasteiger partial charge in [0.2, 0.25) is 5.91 Å². The number of methoxy groups -OCH3 is 1. The van der Waals surface area contributed by atoms with Gasteiger partial charge in [-0.3, -0.25) is 14.9 Å². The van der Waals surface area contributed by atoms with Gasteiger partial charge in [0.25, 0.3) is 5.91 Å². The van der Waals surface area contributed by atoms with Gasteiger partial charge >= 0.3 is 6.09 Å². The van der Waals surface area contributed by atoms with Crippen molar-refractivity contribution in [1.82, 2.24) is 10.6 Å². The fraction of sp³-hybridized carbons (Fsp3) is 0.438. The molecule has 7 heteroatoms. The van der Waals surface area contributed by atoms with Crippen molar-refractivity contribution in [1.29, 1.82) is 0 Å². The summed E-state index contributed by atoms with van der Waals surface area (Å²) in [5, 5.41) is 8.06. The number of anilines is 1. The van der Waals surface area contributed by atoms with Gasteiger partial charge in [-0.25, -0.2) is 4.79 Å². The Bertz CT molecular complexity index is 603. The number of hydrogen-bond acceptors (Lipinski definition) is 4. The largest absolute Gasteiger partial charge is 0.453 e. The van der Waals surface area contributed by atoms with E-state index in [4.69, 9.17) is 0 Å². The molecule has 1 aromatic carbocycles. The van der Waals surface area contributed by atoms with Gasteiger partial charge < -0.3 is 15.4 Å². The van der Waals surface area contributed by atoms with Crippen LogP contribution in [0.3, 0.4) is 0 Å². The molecule has 0 aromatic heterocycles. The van der Waals surface area contributed by atoms with Crippen molar-refractivity contribution >= 4 is 23.6 Å². The first kappa shape index (κ1) is 16.8. The Balaban J connectivity index is 2.04. The highest BCUT2D eigenvalue weighted by Gasteiger charge is 2.33. The predicted octanol–water partition coefficient (Wildman–Crippen LogP) is 1.51. The van der Waals surface area contributed by atoms with Gasteiger partial charge in [0, 0.05) is 24.3 Å². The van der Waals surface area contributed by atoms with Crippen molar-refractivity contribution in [2.45, 2.75) is 25.3 Å². The van der Waals surface area contributed by atoms with Gasteiger partial charge in [-0.1, -0.05) is 12.5 Å². The van der Waals surface area contributed by atoms with E-state index in [1.165, 1.54) is 7.11 Å². The first-order valence-electron chi connectivity index (χ1n) is 7.52. The van der Waals surface area contributed by atoms with Crippen LogP contribution in [0.5, 0.6) is 0 Å². The molecule has 0 heterocycles. The molecule has 0 saturated heterocycles. The summed E-state index contributed by atoms with van der Waals surface area (Å²) in [7, 11) is 2.87. The van der Waals surface area contributed by atoms with Crippen LogP contribution < -0.4 is 16.0 Å². The van der Waals surface area contributed by atoms with E-state index in [0.717, 1.165) is 19.3 Å². The van der Waals surface area contributed by atoms with Gasteiger partial charge in [-0.05, 0) is 31.0 Å². The average molecular weight is 319 g/mol. The minimum atomic E-state index is -0.599. The minimum Gasteiger partial charge on any atom is -0.453 e. The highest BCUT2D eigenvalue weighted by molar-refractivity contribution is 5.96. The van der Waals surface area contributed by atoms with E-state index in [1.807, 2.05) is 0 Å². The maximum atomic E-state index is 12.4. The summed E-state index contributed by atoms with van der Waals surface area (Å²) in [5.41, 5.74) is 0.889. The third kappa shape index (κ3) is 4.21. The first-order chi connectivity index (χ1) is 11.0. The van der Waals surface area contributed by atoms with Gasteiger partial charge in [-0.15, -0.1) is 0 Å². The Morgan fingerprint density at radius 2 is 2.00 bits per heavy atom. The van der Waals surface area contributed by atoms with Gasteiger partial charge in [0.05, 0.1) is 13.0 Å². The monoisotopic (exact) mass is 319 g/mol. The lowest BCUT2D eigenvalue weighted by Gasteiger charge is -2.19. The van der Waals surface area contributed by atoms with Crippen LogP contribution in [0.2, 0.25) is 0 Å². The van der Waals surface area contributed by atoms with Crippen LogP contribution in [0.1, 0.15) is 29.6 Å². The molecule has 1 aliphatic rings. The van der Waals surface area contributed by atoms with Crippen molar-refractivity contribution in [2.75, 3.05) is 19.5 Å². The lowest BCUT2D eigenvalue weighted by atomic mass is 10.0. The normalized spacial score (nSPS) is 19.7. The summed E-state index contributed by atoms with van der Waals surface area (Å²) >= 11 is 0. The zero-order valence-electron chi connectivity index (χ0n) is 13.2. The molecule has 1 aromatic rings. The predicted molar refractivity (Wildman–Crippen MR) is 85.1 cm³/mol. The number of carbonyl (C=O) groups excluding carboxylic acids is 3. The number of carbonyl (C=O) groups is 3. The van der Waals surface area contributed by atoms with E-state index < -0.39 is 6.09 Å². The van der Waals surface area contributed by atoms with Crippen LogP contribution in [0.25, 0.3) is 0 Å². The molecule has 0 bridgehead atoms. The van der Waals surface area contributed by atoms with Gasteiger partial charge in [-0.2, -0.15) is 0 Å². The third-order valence-electron chi connectivity index (χ3n) is 3.97. The second-order valence-corrected chi connectivity index (χ2v) is 5.43. The van der Waals surface area contributed by atoms with E-state index in [2.05, 4.69) is 20.7 Å². The molecule has 0 unspecified atom stereocenters. The zero-order chi connectivity index (χ0) is 16.8. The maximum Gasteiger partial charge on any atom is 0.411 e. The summed E-state index contributed by atoms with van der Waals surface area (Å²) in [4.78, 5) is 35.4. The fourth-order valence-corrected chi connectivity index (χ4v) is 2.79. The number of hydrogen-bond donors (Lipinski definition) is 3. The summed E-state index contributed by atoms with van der Waals surface area (Å²) < 4.78 is 4.52. The molecular formula is C16H21N3O4. The number of benzene rings is 1. The van der Waals surface area contributed by atoms with Crippen LogP contribution in [0, 0.1) is 5.92 Å². The molecule has 2 rings (SSSR count). The highest BCUT2D eigenvalue weighted by Crippen LogP contribution is 2.26. The molecule has 1 aliphatic carbocycles. The van der Waals surface area contributed by atoms with Gasteiger partial charge in [0.15, 0.2) is 0 Å². The van der Waals surface area contributed by atoms with Crippen molar-refractivity contribution in [2.24, 2.45) is 5.92 Å². The summed E-state index contributed by atoms with van der Waals surface area (Å²) in [6.45, 7) is 0. The van der Waals surface area contributed by atoms with E-state index in [0.29, 0.717) is 11.3 Å². The number of rotatable bonds is 4. The lowest BCUT2D eigenvalue weighted by molar-refractivity contribution is -0.124. The molecule has 0 aliphatic heterocycles. The molecular weight excluding hydrogens is 298 g/mol. The summed E-state index contributed by atoms with van der Waals surface area (Å²) in [6.07, 6.45) is 1.86. The lowest BCUT2D eigenvalue weighted by Crippen LogP contribution is -2.43. The molecule has 2 atom stereocenters. The summed E-state index contributed by atoms with van der Waals surface area (Å²) in [6, 6.07) is 6.39. The summed E-state index contributed by atoms with van der Waals surface area (Å²) in [5.74, 6) is -0.506. The fourth-order valence-electron chi connectivity index (χ4n) is 2.79. The number of amides is 3. The van der Waals surface area contributed by atoms with Crippen molar-refractivity contribution in [3.05, 3.63) is 29.8 Å². The molecule has 124 valence electrons. The quantitative estimate of drug-likeness (QED) is 0.783. The number of nitrogens with one attached hydrogen (secondary N) is 3. The van der Waals surface area contributed by atoms with E-state index in [-0.39, 0.29) is 23.8 Å². The Morgan fingerprint density at radius 3 is 2.70 bits per heavy atom. The maximum absolute atomic E-state index is 12.4. The van der Waals surface area contributed by atoms with Crippen molar-refractivity contribution in [3.63, 3.8) is 0 Å². The van der Waals surface area contributed by atoms with Crippen molar-refractivity contribution in [3.8, 4) is 0 Å². The van der Waals surface area contributed by atoms with Crippen LogP contribution >= 0.6 is 0 Å². The van der Waals surface area contributed by atoms with Crippen LogP contribution in [0.15, 0.2) is 24.3 Å². The van der Waals surface area contributed by atoms with Crippen LogP contribution in [-0.4, -0.2) is 38.1 Å². The topological polar surface area (TPSA) is 96.5 Å². The second kappa shape index (κ2) is 7.62. The molecule has 1 fully saturated rings. The zero-order valence-corrected chi connectivity index (χ0v) is 13.2. The van der Waals surface area contributed by atoms with E-state index in [9.17, 15) is 14.4 Å². The Hall–Kier alpha value is -2.57.